The Morgan fingerprint density at radius 1 is 1.09 bits per heavy atom. The van der Waals surface area contributed by atoms with Crippen LogP contribution in [0.25, 0.3) is 34.2 Å². The average molecular weight is 507 g/mol. The summed E-state index contributed by atoms with van der Waals surface area (Å²) < 4.78 is 16.5. The Morgan fingerprint density at radius 3 is 2.57 bits per heavy atom. The zero-order valence-corrected chi connectivity index (χ0v) is 20.4. The van der Waals surface area contributed by atoms with Gasteiger partial charge < -0.3 is 23.9 Å². The summed E-state index contributed by atoms with van der Waals surface area (Å²) >= 11 is 2.86. The van der Waals surface area contributed by atoms with Gasteiger partial charge in [0.1, 0.15) is 17.1 Å². The molecule has 0 saturated heterocycles. The smallest absolute Gasteiger partial charge is 0.226 e. The van der Waals surface area contributed by atoms with Gasteiger partial charge in [-0.3, -0.25) is 4.79 Å². The van der Waals surface area contributed by atoms with Gasteiger partial charge in [-0.1, -0.05) is 11.8 Å². The van der Waals surface area contributed by atoms with E-state index in [2.05, 4.69) is 20.3 Å². The van der Waals surface area contributed by atoms with E-state index in [1.54, 1.807) is 12.5 Å². The molecule has 1 aromatic carbocycles. The van der Waals surface area contributed by atoms with Crippen LogP contribution in [0.5, 0.6) is 5.75 Å². The summed E-state index contributed by atoms with van der Waals surface area (Å²) in [5.41, 5.74) is 3.19. The van der Waals surface area contributed by atoms with E-state index in [9.17, 15) is 4.79 Å². The van der Waals surface area contributed by atoms with Gasteiger partial charge in [0.25, 0.3) is 0 Å². The lowest BCUT2D eigenvalue weighted by Crippen LogP contribution is -2.12. The molecule has 0 atom stereocenters. The minimum absolute atomic E-state index is 0.103. The lowest BCUT2D eigenvalue weighted by molar-refractivity contribution is -0.115. The number of hydrogen-bond donors (Lipinski definition) is 2. The van der Waals surface area contributed by atoms with Crippen molar-refractivity contribution in [2.24, 2.45) is 0 Å². The van der Waals surface area contributed by atoms with Crippen LogP contribution in [0.4, 0.5) is 5.13 Å². The van der Waals surface area contributed by atoms with Crippen molar-refractivity contribution in [1.82, 2.24) is 15.0 Å². The van der Waals surface area contributed by atoms with E-state index in [4.69, 9.17) is 13.6 Å². The molecule has 5 aromatic rings. The minimum Gasteiger partial charge on any atom is -0.494 e. The molecule has 35 heavy (non-hydrogen) atoms. The van der Waals surface area contributed by atoms with Gasteiger partial charge >= 0.3 is 0 Å². The highest BCUT2D eigenvalue weighted by molar-refractivity contribution is 7.99. The average Bonchev–Trinajstić information content (AvgIpc) is 3.67. The van der Waals surface area contributed by atoms with E-state index in [1.165, 1.54) is 23.1 Å². The Kier molecular flexibility index (Phi) is 7.01. The first-order valence-corrected chi connectivity index (χ1v) is 12.9. The van der Waals surface area contributed by atoms with Crippen LogP contribution in [0.3, 0.4) is 0 Å². The van der Waals surface area contributed by atoms with Crippen LogP contribution in [0.1, 0.15) is 13.3 Å². The molecule has 0 radical (unpaired) electrons. The fourth-order valence-electron chi connectivity index (χ4n) is 3.39. The second-order valence-electron chi connectivity index (χ2n) is 7.36. The van der Waals surface area contributed by atoms with E-state index in [1.807, 2.05) is 60.8 Å². The summed E-state index contributed by atoms with van der Waals surface area (Å²) in [4.78, 5) is 24.9. The minimum atomic E-state index is -0.103. The van der Waals surface area contributed by atoms with E-state index < -0.39 is 0 Å². The molecule has 4 aromatic heterocycles. The molecule has 0 aliphatic heterocycles. The van der Waals surface area contributed by atoms with Crippen molar-refractivity contribution in [2.45, 2.75) is 18.5 Å². The summed E-state index contributed by atoms with van der Waals surface area (Å²) in [7, 11) is 0. The number of aromatic amines is 1. The third-order valence-electron chi connectivity index (χ3n) is 4.98. The molecule has 10 heteroatoms. The lowest BCUT2D eigenvalue weighted by atomic mass is 10.2. The molecule has 5 rings (SSSR count). The van der Waals surface area contributed by atoms with Crippen LogP contribution in [0.15, 0.2) is 80.4 Å². The van der Waals surface area contributed by atoms with Gasteiger partial charge in [0, 0.05) is 23.1 Å². The number of anilines is 1. The van der Waals surface area contributed by atoms with Crippen molar-refractivity contribution < 1.29 is 18.4 Å². The second-order valence-corrected chi connectivity index (χ2v) is 9.30. The predicted octanol–water partition coefficient (Wildman–Crippen LogP) is 6.57. The van der Waals surface area contributed by atoms with Gasteiger partial charge in [-0.05, 0) is 55.5 Å². The van der Waals surface area contributed by atoms with Crippen LogP contribution in [0, 0.1) is 0 Å². The standard InChI is InChI=1S/C25H22N4O4S2/c1-2-31-17-9-7-16(8-10-17)18-15-35-24(26-18)27-21(30)11-14-34-25-28-22(19-5-3-12-32-19)23(29-25)20-6-4-13-33-20/h3-10,12-13,15H,2,11,14H2,1H3,(H,28,29)(H,26,27,30). The van der Waals surface area contributed by atoms with E-state index in [-0.39, 0.29) is 5.91 Å². The number of carbonyl (C=O) groups excluding carboxylic acids is 1. The number of furan rings is 2. The molecule has 0 bridgehead atoms. The van der Waals surface area contributed by atoms with E-state index >= 15 is 0 Å². The second kappa shape index (κ2) is 10.7. The van der Waals surface area contributed by atoms with E-state index in [0.29, 0.717) is 46.3 Å². The van der Waals surface area contributed by atoms with Gasteiger partial charge in [-0.25, -0.2) is 9.97 Å². The van der Waals surface area contributed by atoms with Crippen molar-refractivity contribution in [3.05, 3.63) is 66.4 Å². The number of rotatable bonds is 10. The SMILES string of the molecule is CCOc1ccc(-c2csc(NC(=O)CCSc3nc(-c4ccco4)c(-c4ccco4)[nH]3)n2)cc1. The number of aromatic nitrogens is 3. The molecule has 2 N–H and O–H groups in total. The molecule has 0 unspecified atom stereocenters. The highest BCUT2D eigenvalue weighted by Gasteiger charge is 2.18. The first-order valence-electron chi connectivity index (χ1n) is 11.0. The third-order valence-corrected chi connectivity index (χ3v) is 6.62. The summed E-state index contributed by atoms with van der Waals surface area (Å²) in [6.07, 6.45) is 3.53. The summed E-state index contributed by atoms with van der Waals surface area (Å²) in [6.45, 7) is 2.58. The van der Waals surface area contributed by atoms with Crippen molar-refractivity contribution in [1.29, 1.82) is 0 Å². The number of nitrogens with zero attached hydrogens (tertiary/aromatic N) is 2. The molecule has 0 spiro atoms. The summed E-state index contributed by atoms with van der Waals surface area (Å²) in [6, 6.07) is 15.1. The van der Waals surface area contributed by atoms with Gasteiger partial charge in [-0.2, -0.15) is 0 Å². The Bertz CT molecular complexity index is 1320. The number of carbonyl (C=O) groups is 1. The quantitative estimate of drug-likeness (QED) is 0.206. The number of nitrogens with one attached hydrogen (secondary N) is 2. The van der Waals surface area contributed by atoms with Gasteiger partial charge in [0.15, 0.2) is 21.8 Å². The highest BCUT2D eigenvalue weighted by atomic mass is 32.2. The monoisotopic (exact) mass is 506 g/mol. The van der Waals surface area contributed by atoms with Crippen molar-refractivity contribution >= 4 is 34.1 Å². The van der Waals surface area contributed by atoms with Crippen LogP contribution < -0.4 is 10.1 Å². The van der Waals surface area contributed by atoms with E-state index in [0.717, 1.165) is 22.7 Å². The number of thioether (sulfide) groups is 1. The predicted molar refractivity (Wildman–Crippen MR) is 137 cm³/mol. The molecule has 0 aliphatic carbocycles. The Balaban J connectivity index is 1.17. The van der Waals surface area contributed by atoms with Gasteiger partial charge in [0.05, 0.1) is 24.8 Å². The first kappa shape index (κ1) is 23.0. The molecule has 0 aliphatic rings. The maximum Gasteiger partial charge on any atom is 0.226 e. The number of imidazole rings is 1. The fraction of sp³-hybridized carbons (Fsp3) is 0.160. The third kappa shape index (κ3) is 5.50. The zero-order chi connectivity index (χ0) is 24.0. The molecule has 178 valence electrons. The molecule has 8 nitrogen and oxygen atoms in total. The molecule has 1 amide bonds. The maximum atomic E-state index is 12.5. The van der Waals surface area contributed by atoms with Gasteiger partial charge in [-0.15, -0.1) is 11.3 Å². The molecule has 0 fully saturated rings. The number of ether oxygens (including phenoxy) is 1. The highest BCUT2D eigenvalue weighted by Crippen LogP contribution is 2.33. The maximum absolute atomic E-state index is 12.5. The Labute approximate surface area is 209 Å². The molecule has 0 saturated carbocycles. The first-order chi connectivity index (χ1) is 17.2. The fourth-order valence-corrected chi connectivity index (χ4v) is 4.93. The Hall–Kier alpha value is -3.76. The molecule has 4 heterocycles. The summed E-state index contributed by atoms with van der Waals surface area (Å²) in [5, 5.41) is 6.06. The van der Waals surface area contributed by atoms with Crippen LogP contribution in [-0.4, -0.2) is 33.2 Å². The largest absolute Gasteiger partial charge is 0.494 e. The molecular formula is C25H22N4O4S2. The number of amides is 1. The number of H-pyrrole nitrogens is 1. The van der Waals surface area contributed by atoms with Crippen molar-refractivity contribution in [2.75, 3.05) is 17.7 Å². The number of thiazole rings is 1. The zero-order valence-electron chi connectivity index (χ0n) is 18.8. The van der Waals surface area contributed by atoms with Gasteiger partial charge in [0.2, 0.25) is 5.91 Å². The van der Waals surface area contributed by atoms with Crippen LogP contribution in [-0.2, 0) is 4.79 Å². The Morgan fingerprint density at radius 2 is 1.86 bits per heavy atom. The normalized spacial score (nSPS) is 11.0. The molecular weight excluding hydrogens is 484 g/mol. The number of benzene rings is 1. The van der Waals surface area contributed by atoms with Crippen LogP contribution >= 0.6 is 23.1 Å². The van der Waals surface area contributed by atoms with Crippen molar-refractivity contribution in [3.8, 4) is 39.9 Å². The topological polar surface area (TPSA) is 106 Å². The van der Waals surface area contributed by atoms with Crippen LogP contribution in [0.2, 0.25) is 0 Å². The lowest BCUT2D eigenvalue weighted by Gasteiger charge is -2.03. The summed E-state index contributed by atoms with van der Waals surface area (Å²) in [5.74, 6) is 2.58. The number of hydrogen-bond acceptors (Lipinski definition) is 8. The van der Waals surface area contributed by atoms with Crippen molar-refractivity contribution in [3.63, 3.8) is 0 Å².